The summed E-state index contributed by atoms with van der Waals surface area (Å²) in [5, 5.41) is 3.37. The minimum atomic E-state index is -0.137. The highest BCUT2D eigenvalue weighted by Crippen LogP contribution is 2.20. The van der Waals surface area contributed by atoms with Gasteiger partial charge in [0, 0.05) is 18.2 Å². The molecule has 0 saturated heterocycles. The highest BCUT2D eigenvalue weighted by atomic mass is 16.2. The van der Waals surface area contributed by atoms with E-state index in [1.807, 2.05) is 24.3 Å². The van der Waals surface area contributed by atoms with Crippen molar-refractivity contribution < 1.29 is 9.59 Å². The van der Waals surface area contributed by atoms with Crippen LogP contribution in [0.4, 0.5) is 0 Å². The van der Waals surface area contributed by atoms with Crippen molar-refractivity contribution in [1.29, 1.82) is 0 Å². The van der Waals surface area contributed by atoms with Gasteiger partial charge in [0.15, 0.2) is 0 Å². The van der Waals surface area contributed by atoms with Gasteiger partial charge in [-0.05, 0) is 37.9 Å². The lowest BCUT2D eigenvalue weighted by Gasteiger charge is -2.26. The molecule has 1 atom stereocenters. The van der Waals surface area contributed by atoms with Crippen LogP contribution >= 0.6 is 0 Å². The predicted octanol–water partition coefficient (Wildman–Crippen LogP) is 2.38. The van der Waals surface area contributed by atoms with Gasteiger partial charge in [-0.1, -0.05) is 31.5 Å². The molecule has 0 aliphatic carbocycles. The molecule has 114 valence electrons. The standard InChI is InChI=1S/C17H24N2O2/c1-3-18-13(2)8-6-7-11-19-16(20)12-14-9-4-5-10-15(14)17(19)21/h4-5,9-10,13,18H,3,6-8,11-12H2,1-2H3. The number of imide groups is 1. The number of benzene rings is 1. The minimum Gasteiger partial charge on any atom is -0.315 e. The first kappa shape index (κ1) is 15.7. The number of fused-ring (bicyclic) bond motifs is 1. The Labute approximate surface area is 126 Å². The molecular weight excluding hydrogens is 264 g/mol. The molecule has 0 bridgehead atoms. The summed E-state index contributed by atoms with van der Waals surface area (Å²) in [6.07, 6.45) is 3.30. The summed E-state index contributed by atoms with van der Waals surface area (Å²) in [5.41, 5.74) is 1.53. The smallest absolute Gasteiger partial charge is 0.260 e. The van der Waals surface area contributed by atoms with Gasteiger partial charge in [-0.3, -0.25) is 14.5 Å². The fourth-order valence-corrected chi connectivity index (χ4v) is 2.80. The van der Waals surface area contributed by atoms with E-state index in [1.165, 1.54) is 4.90 Å². The van der Waals surface area contributed by atoms with Crippen molar-refractivity contribution in [3.8, 4) is 0 Å². The molecule has 4 heteroatoms. The fourth-order valence-electron chi connectivity index (χ4n) is 2.80. The summed E-state index contributed by atoms with van der Waals surface area (Å²) in [5.74, 6) is -0.208. The van der Waals surface area contributed by atoms with E-state index >= 15 is 0 Å². The van der Waals surface area contributed by atoms with Crippen molar-refractivity contribution in [2.75, 3.05) is 13.1 Å². The van der Waals surface area contributed by atoms with Crippen LogP contribution in [0.1, 0.15) is 49.0 Å². The summed E-state index contributed by atoms with van der Waals surface area (Å²) in [4.78, 5) is 25.9. The second kappa shape index (κ2) is 7.36. The second-order valence-electron chi connectivity index (χ2n) is 5.64. The fraction of sp³-hybridized carbons (Fsp3) is 0.529. The molecule has 0 fully saturated rings. The lowest BCUT2D eigenvalue weighted by molar-refractivity contribution is -0.128. The van der Waals surface area contributed by atoms with Crippen LogP contribution in [0, 0.1) is 0 Å². The SMILES string of the molecule is CCNC(C)CCCCN1C(=O)Cc2ccccc2C1=O. The van der Waals surface area contributed by atoms with E-state index in [2.05, 4.69) is 19.2 Å². The van der Waals surface area contributed by atoms with E-state index in [-0.39, 0.29) is 11.8 Å². The summed E-state index contributed by atoms with van der Waals surface area (Å²) in [6, 6.07) is 7.88. The average molecular weight is 288 g/mol. The third-order valence-corrected chi connectivity index (χ3v) is 3.96. The molecule has 2 amide bonds. The average Bonchev–Trinajstić information content (AvgIpc) is 2.46. The van der Waals surface area contributed by atoms with Gasteiger partial charge in [0.1, 0.15) is 0 Å². The van der Waals surface area contributed by atoms with Gasteiger partial charge < -0.3 is 5.32 Å². The van der Waals surface area contributed by atoms with Crippen molar-refractivity contribution >= 4 is 11.8 Å². The number of nitrogens with one attached hydrogen (secondary N) is 1. The number of hydrogen-bond acceptors (Lipinski definition) is 3. The van der Waals surface area contributed by atoms with Crippen LogP contribution in [0.15, 0.2) is 24.3 Å². The number of carbonyl (C=O) groups excluding carboxylic acids is 2. The lowest BCUT2D eigenvalue weighted by Crippen LogP contribution is -2.42. The summed E-state index contributed by atoms with van der Waals surface area (Å²) < 4.78 is 0. The molecule has 2 rings (SSSR count). The van der Waals surface area contributed by atoms with E-state index in [1.54, 1.807) is 0 Å². The second-order valence-corrected chi connectivity index (χ2v) is 5.64. The van der Waals surface area contributed by atoms with Gasteiger partial charge in [0.05, 0.1) is 6.42 Å². The first-order valence-electron chi connectivity index (χ1n) is 7.79. The number of carbonyl (C=O) groups is 2. The van der Waals surface area contributed by atoms with Gasteiger partial charge in [0.25, 0.3) is 5.91 Å². The van der Waals surface area contributed by atoms with Crippen LogP contribution in [0.5, 0.6) is 0 Å². The quantitative estimate of drug-likeness (QED) is 0.619. The van der Waals surface area contributed by atoms with Gasteiger partial charge in [-0.15, -0.1) is 0 Å². The largest absolute Gasteiger partial charge is 0.315 e. The maximum Gasteiger partial charge on any atom is 0.260 e. The molecule has 1 aliphatic rings. The molecule has 1 N–H and O–H groups in total. The summed E-state index contributed by atoms with van der Waals surface area (Å²) in [6.45, 7) is 5.77. The highest BCUT2D eigenvalue weighted by molar-refractivity contribution is 6.09. The first-order valence-corrected chi connectivity index (χ1v) is 7.79. The van der Waals surface area contributed by atoms with Gasteiger partial charge in [0.2, 0.25) is 5.91 Å². The van der Waals surface area contributed by atoms with Crippen LogP contribution in [0.2, 0.25) is 0 Å². The number of amides is 2. The Morgan fingerprint density at radius 2 is 2.00 bits per heavy atom. The molecule has 21 heavy (non-hydrogen) atoms. The number of nitrogens with zero attached hydrogens (tertiary/aromatic N) is 1. The third kappa shape index (κ3) is 3.91. The van der Waals surface area contributed by atoms with Crippen molar-refractivity contribution in [1.82, 2.24) is 10.2 Å². The molecule has 0 aromatic heterocycles. The molecule has 0 spiro atoms. The predicted molar refractivity (Wildman–Crippen MR) is 83.2 cm³/mol. The third-order valence-electron chi connectivity index (χ3n) is 3.96. The highest BCUT2D eigenvalue weighted by Gasteiger charge is 2.29. The summed E-state index contributed by atoms with van der Waals surface area (Å²) >= 11 is 0. The Bertz CT molecular complexity index is 513. The van der Waals surface area contributed by atoms with Crippen molar-refractivity contribution in [2.45, 2.75) is 45.6 Å². The Hall–Kier alpha value is -1.68. The monoisotopic (exact) mass is 288 g/mol. The normalized spacial score (nSPS) is 16.0. The molecule has 1 unspecified atom stereocenters. The molecule has 4 nitrogen and oxygen atoms in total. The van der Waals surface area contributed by atoms with E-state index in [0.29, 0.717) is 24.6 Å². The van der Waals surface area contributed by atoms with Crippen LogP contribution in [-0.4, -0.2) is 35.8 Å². The Morgan fingerprint density at radius 3 is 2.76 bits per heavy atom. The van der Waals surface area contributed by atoms with E-state index in [9.17, 15) is 9.59 Å². The first-order chi connectivity index (χ1) is 10.1. The van der Waals surface area contributed by atoms with Crippen LogP contribution in [0.3, 0.4) is 0 Å². The zero-order valence-corrected chi connectivity index (χ0v) is 12.9. The Morgan fingerprint density at radius 1 is 1.24 bits per heavy atom. The Balaban J connectivity index is 1.87. The van der Waals surface area contributed by atoms with E-state index < -0.39 is 0 Å². The van der Waals surface area contributed by atoms with Crippen molar-refractivity contribution in [3.05, 3.63) is 35.4 Å². The minimum absolute atomic E-state index is 0.0709. The van der Waals surface area contributed by atoms with E-state index in [4.69, 9.17) is 0 Å². The van der Waals surface area contributed by atoms with E-state index in [0.717, 1.165) is 31.4 Å². The summed E-state index contributed by atoms with van der Waals surface area (Å²) in [7, 11) is 0. The maximum absolute atomic E-state index is 12.4. The number of unbranched alkanes of at least 4 members (excludes halogenated alkanes) is 1. The van der Waals surface area contributed by atoms with Gasteiger partial charge in [-0.2, -0.15) is 0 Å². The van der Waals surface area contributed by atoms with Crippen LogP contribution in [-0.2, 0) is 11.2 Å². The number of rotatable bonds is 7. The molecule has 1 heterocycles. The Kier molecular flexibility index (Phi) is 5.51. The van der Waals surface area contributed by atoms with Crippen LogP contribution in [0.25, 0.3) is 0 Å². The van der Waals surface area contributed by atoms with Crippen molar-refractivity contribution in [3.63, 3.8) is 0 Å². The zero-order chi connectivity index (χ0) is 15.2. The number of hydrogen-bond donors (Lipinski definition) is 1. The topological polar surface area (TPSA) is 49.4 Å². The van der Waals surface area contributed by atoms with Gasteiger partial charge in [-0.25, -0.2) is 0 Å². The molecule has 0 radical (unpaired) electrons. The van der Waals surface area contributed by atoms with Gasteiger partial charge >= 0.3 is 0 Å². The van der Waals surface area contributed by atoms with Crippen molar-refractivity contribution in [2.24, 2.45) is 0 Å². The maximum atomic E-state index is 12.4. The lowest BCUT2D eigenvalue weighted by atomic mass is 9.98. The molecule has 0 saturated carbocycles. The molecular formula is C17H24N2O2. The van der Waals surface area contributed by atoms with Crippen LogP contribution < -0.4 is 5.32 Å². The zero-order valence-electron chi connectivity index (χ0n) is 12.9. The molecule has 1 aromatic rings. The molecule has 1 aliphatic heterocycles. The molecule has 1 aromatic carbocycles.